The van der Waals surface area contributed by atoms with E-state index in [2.05, 4.69) is 18.2 Å². The van der Waals surface area contributed by atoms with E-state index < -0.39 is 53.2 Å². The molecule has 0 aliphatic heterocycles. The van der Waals surface area contributed by atoms with E-state index in [1.54, 1.807) is 6.08 Å². The van der Waals surface area contributed by atoms with Crippen molar-refractivity contribution >= 4 is 23.9 Å². The Balaban J connectivity index is 2.45. The fraction of sp³-hybridized carbons (Fsp3) is 0.742. The zero-order chi connectivity index (χ0) is 31.9. The van der Waals surface area contributed by atoms with E-state index in [0.29, 0.717) is 43.3 Å². The van der Waals surface area contributed by atoms with Gasteiger partial charge in [-0.1, -0.05) is 13.5 Å². The summed E-state index contributed by atoms with van der Waals surface area (Å²) >= 11 is 0. The van der Waals surface area contributed by atoms with Gasteiger partial charge in [-0.15, -0.1) is 0 Å². The van der Waals surface area contributed by atoms with Crippen molar-refractivity contribution in [2.45, 2.75) is 116 Å². The van der Waals surface area contributed by atoms with Gasteiger partial charge in [0.1, 0.15) is 24.4 Å². The van der Waals surface area contributed by atoms with E-state index >= 15 is 0 Å². The molecule has 0 unspecified atom stereocenters. The molecule has 1 fully saturated rings. The van der Waals surface area contributed by atoms with Crippen LogP contribution in [0, 0.1) is 17.3 Å². The molecule has 0 saturated heterocycles. The highest BCUT2D eigenvalue weighted by Crippen LogP contribution is 2.56. The zero-order valence-corrected chi connectivity index (χ0v) is 26.0. The molecule has 0 bridgehead atoms. The first-order valence-electron chi connectivity index (χ1n) is 14.4. The Morgan fingerprint density at radius 2 is 1.67 bits per heavy atom. The second-order valence-corrected chi connectivity index (χ2v) is 12.7. The number of rotatable bonds is 10. The van der Waals surface area contributed by atoms with E-state index in [1.807, 2.05) is 13.8 Å². The Kier molecular flexibility index (Phi) is 12.3. The molecule has 0 aromatic carbocycles. The molecule has 0 radical (unpaired) electrons. The van der Waals surface area contributed by atoms with Crippen molar-refractivity contribution in [1.82, 2.24) is 0 Å². The van der Waals surface area contributed by atoms with Gasteiger partial charge in [-0.2, -0.15) is 0 Å². The molecule has 238 valence electrons. The number of hydrogen-bond donors (Lipinski definition) is 2. The summed E-state index contributed by atoms with van der Waals surface area (Å²) < 4.78 is 21.8. The molecule has 0 aromatic rings. The summed E-state index contributed by atoms with van der Waals surface area (Å²) in [7, 11) is 1.19. The average Bonchev–Trinajstić information content (AvgIpc) is 3.21. The van der Waals surface area contributed by atoms with Crippen LogP contribution in [0.15, 0.2) is 23.8 Å². The molecule has 0 aromatic heterocycles. The second-order valence-electron chi connectivity index (χ2n) is 12.7. The topological polar surface area (TPSA) is 155 Å². The lowest BCUT2D eigenvalue weighted by Crippen LogP contribution is -2.45. The monoisotopic (exact) mass is 596 g/mol. The second kappa shape index (κ2) is 14.6. The Morgan fingerprint density at radius 3 is 2.24 bits per heavy atom. The maximum atomic E-state index is 12.7. The van der Waals surface area contributed by atoms with E-state index in [9.17, 15) is 29.5 Å². The SMILES string of the molecule is C=C1CC[C@H]2[C@H](C(C)(C)OC(C)=O)CC[C@]2(C)[C@@H](OC(C)=O)/C=C(\COC(=O)C[C@](C)(O)CC(=O)OC)CC[C@H]1OO. The predicted octanol–water partition coefficient (Wildman–Crippen LogP) is 4.45. The van der Waals surface area contributed by atoms with Crippen LogP contribution in [-0.4, -0.2) is 71.4 Å². The van der Waals surface area contributed by atoms with Gasteiger partial charge in [-0.25, -0.2) is 4.89 Å². The molecule has 2 rings (SSSR count). The summed E-state index contributed by atoms with van der Waals surface area (Å²) in [6.45, 7) is 13.9. The number of carbonyl (C=O) groups is 4. The number of esters is 4. The molecule has 42 heavy (non-hydrogen) atoms. The summed E-state index contributed by atoms with van der Waals surface area (Å²) in [6.07, 6.45) is 2.85. The molecule has 0 spiro atoms. The van der Waals surface area contributed by atoms with Gasteiger partial charge in [0, 0.05) is 25.2 Å². The number of fused-ring (bicyclic) bond motifs is 1. The van der Waals surface area contributed by atoms with Crippen LogP contribution in [0.25, 0.3) is 0 Å². The molecule has 2 aliphatic rings. The summed E-state index contributed by atoms with van der Waals surface area (Å²) in [4.78, 5) is 53.3. The van der Waals surface area contributed by atoms with E-state index in [1.165, 1.54) is 27.9 Å². The van der Waals surface area contributed by atoms with Gasteiger partial charge in [-0.3, -0.25) is 24.4 Å². The van der Waals surface area contributed by atoms with Crippen LogP contribution in [0.1, 0.15) is 92.9 Å². The lowest BCUT2D eigenvalue weighted by atomic mass is 9.67. The summed E-state index contributed by atoms with van der Waals surface area (Å²) in [5, 5.41) is 20.1. The normalized spacial score (nSPS) is 29.5. The van der Waals surface area contributed by atoms with Gasteiger partial charge in [0.15, 0.2) is 0 Å². The van der Waals surface area contributed by atoms with Crippen LogP contribution in [0.3, 0.4) is 0 Å². The fourth-order valence-electron chi connectivity index (χ4n) is 6.56. The van der Waals surface area contributed by atoms with Crippen LogP contribution in [0.4, 0.5) is 0 Å². The van der Waals surface area contributed by atoms with Gasteiger partial charge in [-0.05, 0) is 82.4 Å². The molecule has 0 amide bonds. The lowest BCUT2D eigenvalue weighted by molar-refractivity contribution is -0.270. The van der Waals surface area contributed by atoms with E-state index in [0.717, 1.165) is 6.42 Å². The van der Waals surface area contributed by atoms with Crippen LogP contribution < -0.4 is 0 Å². The fourth-order valence-corrected chi connectivity index (χ4v) is 6.56. The van der Waals surface area contributed by atoms with Crippen molar-refractivity contribution in [2.24, 2.45) is 17.3 Å². The molecule has 2 aliphatic carbocycles. The number of carbonyl (C=O) groups excluding carboxylic acids is 4. The molecule has 6 atom stereocenters. The number of methoxy groups -OCH3 is 1. The highest BCUT2D eigenvalue weighted by atomic mass is 17.1. The Morgan fingerprint density at radius 1 is 1.02 bits per heavy atom. The molecule has 0 heterocycles. The average molecular weight is 597 g/mol. The Bertz CT molecular complexity index is 1040. The lowest BCUT2D eigenvalue weighted by Gasteiger charge is -2.43. The maximum Gasteiger partial charge on any atom is 0.309 e. The first-order chi connectivity index (χ1) is 19.4. The van der Waals surface area contributed by atoms with Crippen molar-refractivity contribution in [2.75, 3.05) is 13.7 Å². The molecular formula is C31H48O11. The molecule has 1 saturated carbocycles. The third-order valence-corrected chi connectivity index (χ3v) is 8.74. The number of ether oxygens (including phenoxy) is 4. The first kappa shape index (κ1) is 35.4. The highest BCUT2D eigenvalue weighted by molar-refractivity contribution is 5.74. The van der Waals surface area contributed by atoms with E-state index in [4.69, 9.17) is 19.1 Å². The van der Waals surface area contributed by atoms with Gasteiger partial charge in [0.25, 0.3) is 0 Å². The van der Waals surface area contributed by atoms with Crippen LogP contribution >= 0.6 is 0 Å². The third-order valence-electron chi connectivity index (χ3n) is 8.74. The Labute approximate surface area is 248 Å². The molecular weight excluding hydrogens is 548 g/mol. The molecule has 2 N–H and O–H groups in total. The van der Waals surface area contributed by atoms with Gasteiger partial charge < -0.3 is 24.1 Å². The summed E-state index contributed by atoms with van der Waals surface area (Å²) in [5.74, 6) is -2.36. The Hall–Kier alpha value is -2.76. The van der Waals surface area contributed by atoms with Gasteiger partial charge in [0.05, 0.1) is 25.6 Å². The van der Waals surface area contributed by atoms with Crippen molar-refractivity contribution in [3.05, 3.63) is 23.8 Å². The van der Waals surface area contributed by atoms with Crippen LogP contribution in [0.2, 0.25) is 0 Å². The zero-order valence-electron chi connectivity index (χ0n) is 26.0. The highest BCUT2D eigenvalue weighted by Gasteiger charge is 2.55. The standard InChI is InChI=1S/C31H48O11/c1-19-9-11-24-23(29(4,5)41-21(3)33)13-14-31(24,7)26(40-20(2)32)15-22(10-12-25(19)42-37)18-39-28(35)17-30(6,36)16-27(34)38-8/h15,23-26,36-37H,1,9-14,16-18H2,2-8H3/b22-15-/t23-,24+,25-,26+,30-,31+/m1/s1. The summed E-state index contributed by atoms with van der Waals surface area (Å²) in [5.41, 5.74) is -1.69. The quantitative estimate of drug-likeness (QED) is 0.121. The van der Waals surface area contributed by atoms with Crippen molar-refractivity contribution in [1.29, 1.82) is 0 Å². The minimum Gasteiger partial charge on any atom is -0.469 e. The minimum atomic E-state index is -1.66. The first-order valence-corrected chi connectivity index (χ1v) is 14.4. The van der Waals surface area contributed by atoms with Gasteiger partial charge in [0.2, 0.25) is 0 Å². The molecule has 11 heteroatoms. The summed E-state index contributed by atoms with van der Waals surface area (Å²) in [6, 6.07) is 0. The van der Waals surface area contributed by atoms with Crippen LogP contribution in [-0.2, 0) is 43.0 Å². The van der Waals surface area contributed by atoms with E-state index in [-0.39, 0.29) is 30.8 Å². The number of hydrogen-bond acceptors (Lipinski definition) is 11. The van der Waals surface area contributed by atoms with Crippen molar-refractivity contribution in [3.63, 3.8) is 0 Å². The molecule has 11 nitrogen and oxygen atoms in total. The van der Waals surface area contributed by atoms with Crippen molar-refractivity contribution < 1.29 is 53.4 Å². The number of aliphatic hydroxyl groups is 1. The smallest absolute Gasteiger partial charge is 0.309 e. The predicted molar refractivity (Wildman–Crippen MR) is 152 cm³/mol. The van der Waals surface area contributed by atoms with Crippen LogP contribution in [0.5, 0.6) is 0 Å². The largest absolute Gasteiger partial charge is 0.469 e. The van der Waals surface area contributed by atoms with Gasteiger partial charge >= 0.3 is 23.9 Å². The third kappa shape index (κ3) is 9.64. The minimum absolute atomic E-state index is 0.0572. The maximum absolute atomic E-state index is 12.7. The van der Waals surface area contributed by atoms with Crippen molar-refractivity contribution in [3.8, 4) is 0 Å².